The Morgan fingerprint density at radius 3 is 1.66 bits per heavy atom. The van der Waals surface area contributed by atoms with Crippen molar-refractivity contribution >= 4 is 46.2 Å². The fourth-order valence-electron chi connectivity index (χ4n) is 4.16. The van der Waals surface area contributed by atoms with Crippen LogP contribution in [0.1, 0.15) is 5.56 Å². The van der Waals surface area contributed by atoms with Gasteiger partial charge in [-0.05, 0) is 39.2 Å². The lowest BCUT2D eigenvalue weighted by atomic mass is 9.92. The molecule has 5 aromatic carbocycles. The molecular formula is C27H18NO2PS. The van der Waals surface area contributed by atoms with Gasteiger partial charge < -0.3 is 9.05 Å². The summed E-state index contributed by atoms with van der Waals surface area (Å²) in [7, 11) is 0. The molecule has 0 saturated heterocycles. The van der Waals surface area contributed by atoms with Gasteiger partial charge in [0.2, 0.25) is 0 Å². The summed E-state index contributed by atoms with van der Waals surface area (Å²) < 4.78 is 17.5. The minimum absolute atomic E-state index is 0.701. The first-order valence-corrected chi connectivity index (χ1v) is 12.9. The van der Waals surface area contributed by atoms with Crippen LogP contribution in [0.15, 0.2) is 108 Å². The van der Waals surface area contributed by atoms with Crippen LogP contribution >= 0.6 is 6.64 Å². The van der Waals surface area contributed by atoms with Gasteiger partial charge in [-0.15, -0.1) is 0 Å². The van der Waals surface area contributed by atoms with Gasteiger partial charge >= 0.3 is 6.64 Å². The standard InChI is InChI=1S/C27H18NO2PS/c32-31(28-18-19-8-2-1-3-9-19)29-24-16-14-20-10-4-6-12-22(20)26(24)27-23-13-7-5-11-21(23)15-17-25(27)30-31/h1-18H/b28-18+. The van der Waals surface area contributed by atoms with E-state index in [-0.39, 0.29) is 0 Å². The summed E-state index contributed by atoms with van der Waals surface area (Å²) in [5.41, 5.74) is 2.94. The predicted molar refractivity (Wildman–Crippen MR) is 136 cm³/mol. The summed E-state index contributed by atoms with van der Waals surface area (Å²) in [5, 5.41) is 4.47. The Morgan fingerprint density at radius 1 is 0.594 bits per heavy atom. The van der Waals surface area contributed by atoms with Crippen molar-refractivity contribution in [2.75, 3.05) is 0 Å². The van der Waals surface area contributed by atoms with E-state index in [1.165, 1.54) is 0 Å². The van der Waals surface area contributed by atoms with Gasteiger partial charge in [0.15, 0.2) is 0 Å². The maximum Gasteiger partial charge on any atom is 0.414 e. The summed E-state index contributed by atoms with van der Waals surface area (Å²) in [4.78, 5) is 0. The molecule has 0 unspecified atom stereocenters. The number of fused-ring (bicyclic) bond motifs is 7. The fourth-order valence-corrected chi connectivity index (χ4v) is 5.99. The molecular weight excluding hydrogens is 433 g/mol. The van der Waals surface area contributed by atoms with Gasteiger partial charge in [-0.25, -0.2) is 0 Å². The Balaban J connectivity index is 1.64. The Kier molecular flexibility index (Phi) is 4.57. The minimum Gasteiger partial charge on any atom is -0.419 e. The van der Waals surface area contributed by atoms with Crippen LogP contribution in [0.2, 0.25) is 0 Å². The van der Waals surface area contributed by atoms with Crippen LogP contribution in [0.5, 0.6) is 11.5 Å². The van der Waals surface area contributed by atoms with Crippen LogP contribution in [0, 0.1) is 0 Å². The monoisotopic (exact) mass is 451 g/mol. The molecule has 0 amide bonds. The van der Waals surface area contributed by atoms with Crippen LogP contribution in [-0.4, -0.2) is 6.21 Å². The Labute approximate surface area is 191 Å². The highest BCUT2D eigenvalue weighted by atomic mass is 32.5. The zero-order chi connectivity index (χ0) is 21.5. The molecule has 32 heavy (non-hydrogen) atoms. The van der Waals surface area contributed by atoms with E-state index in [2.05, 4.69) is 41.2 Å². The molecule has 0 aromatic heterocycles. The maximum atomic E-state index is 6.41. The summed E-state index contributed by atoms with van der Waals surface area (Å²) in [6.45, 7) is -3.04. The molecule has 0 bridgehead atoms. The van der Waals surface area contributed by atoms with Gasteiger partial charge in [-0.2, -0.15) is 4.76 Å². The second-order valence-electron chi connectivity index (χ2n) is 7.63. The van der Waals surface area contributed by atoms with E-state index in [0.717, 1.165) is 38.2 Å². The minimum atomic E-state index is -3.04. The summed E-state index contributed by atoms with van der Waals surface area (Å²) in [5.74, 6) is 1.40. The number of nitrogens with zero attached hydrogens (tertiary/aromatic N) is 1. The third kappa shape index (κ3) is 3.29. The van der Waals surface area contributed by atoms with E-state index < -0.39 is 6.64 Å². The highest BCUT2D eigenvalue weighted by molar-refractivity contribution is 8.09. The lowest BCUT2D eigenvalue weighted by Crippen LogP contribution is -1.97. The van der Waals surface area contributed by atoms with Crippen LogP contribution in [0.4, 0.5) is 0 Å². The average molecular weight is 451 g/mol. The van der Waals surface area contributed by atoms with Crippen LogP contribution in [0.25, 0.3) is 32.7 Å². The third-order valence-corrected chi connectivity index (χ3v) is 7.59. The van der Waals surface area contributed by atoms with Crippen molar-refractivity contribution in [1.29, 1.82) is 0 Å². The number of hydrogen-bond donors (Lipinski definition) is 0. The second-order valence-corrected chi connectivity index (χ2v) is 10.5. The third-order valence-electron chi connectivity index (χ3n) is 5.61. The van der Waals surface area contributed by atoms with Gasteiger partial charge in [-0.1, -0.05) is 91.0 Å². The van der Waals surface area contributed by atoms with Crippen molar-refractivity contribution in [3.05, 3.63) is 109 Å². The van der Waals surface area contributed by atoms with E-state index in [4.69, 9.17) is 20.9 Å². The van der Waals surface area contributed by atoms with Crippen molar-refractivity contribution in [2.24, 2.45) is 4.76 Å². The molecule has 1 heterocycles. The summed E-state index contributed by atoms with van der Waals surface area (Å²) >= 11 is 5.91. The first-order chi connectivity index (χ1) is 15.7. The van der Waals surface area contributed by atoms with Crippen molar-refractivity contribution in [2.45, 2.75) is 0 Å². The molecule has 0 aliphatic carbocycles. The van der Waals surface area contributed by atoms with Crippen molar-refractivity contribution in [3.8, 4) is 22.6 Å². The molecule has 6 rings (SSSR count). The smallest absolute Gasteiger partial charge is 0.414 e. The molecule has 1 aliphatic rings. The van der Waals surface area contributed by atoms with E-state index >= 15 is 0 Å². The molecule has 0 atom stereocenters. The van der Waals surface area contributed by atoms with Crippen molar-refractivity contribution < 1.29 is 9.05 Å². The average Bonchev–Trinajstić information content (AvgIpc) is 2.97. The van der Waals surface area contributed by atoms with Crippen molar-refractivity contribution in [3.63, 3.8) is 0 Å². The van der Waals surface area contributed by atoms with Crippen LogP contribution < -0.4 is 9.05 Å². The topological polar surface area (TPSA) is 30.8 Å². The molecule has 1 aliphatic heterocycles. The summed E-state index contributed by atoms with van der Waals surface area (Å²) in [6.07, 6.45) is 1.74. The van der Waals surface area contributed by atoms with Gasteiger partial charge in [0.1, 0.15) is 11.5 Å². The molecule has 0 spiro atoms. The highest BCUT2D eigenvalue weighted by Crippen LogP contribution is 2.59. The largest absolute Gasteiger partial charge is 0.419 e. The first-order valence-electron chi connectivity index (χ1n) is 10.3. The first kappa shape index (κ1) is 19.2. The van der Waals surface area contributed by atoms with Crippen molar-refractivity contribution in [1.82, 2.24) is 0 Å². The fraction of sp³-hybridized carbons (Fsp3) is 0. The molecule has 0 fully saturated rings. The number of benzene rings is 5. The van der Waals surface area contributed by atoms with E-state index in [0.29, 0.717) is 11.5 Å². The Morgan fingerprint density at radius 2 is 1.09 bits per heavy atom. The molecule has 0 radical (unpaired) electrons. The maximum absolute atomic E-state index is 6.41. The Hall–Kier alpha value is -3.46. The van der Waals surface area contributed by atoms with Gasteiger partial charge in [0, 0.05) is 29.1 Å². The quantitative estimate of drug-likeness (QED) is 0.203. The molecule has 0 N–H and O–H groups in total. The summed E-state index contributed by atoms with van der Waals surface area (Å²) in [6, 6.07) is 34.6. The van der Waals surface area contributed by atoms with E-state index in [1.807, 2.05) is 66.7 Å². The SMILES string of the molecule is S=P1(/N=C/c2ccccc2)Oc2ccc3ccccc3c2-c2c(ccc3ccccc23)O1. The predicted octanol–water partition coefficient (Wildman–Crippen LogP) is 7.77. The number of rotatable bonds is 2. The molecule has 154 valence electrons. The van der Waals surface area contributed by atoms with Crippen LogP contribution in [-0.2, 0) is 11.8 Å². The van der Waals surface area contributed by atoms with Gasteiger partial charge in [0.25, 0.3) is 0 Å². The molecule has 5 heteroatoms. The van der Waals surface area contributed by atoms with Gasteiger partial charge in [-0.3, -0.25) is 0 Å². The zero-order valence-corrected chi connectivity index (χ0v) is 18.7. The highest BCUT2D eigenvalue weighted by Gasteiger charge is 2.31. The van der Waals surface area contributed by atoms with E-state index in [1.54, 1.807) is 6.21 Å². The number of hydrogen-bond acceptors (Lipinski definition) is 3. The van der Waals surface area contributed by atoms with Crippen LogP contribution in [0.3, 0.4) is 0 Å². The molecule has 5 aromatic rings. The lowest BCUT2D eigenvalue weighted by Gasteiger charge is -2.17. The lowest BCUT2D eigenvalue weighted by molar-refractivity contribution is 0.498. The molecule has 0 saturated carbocycles. The second kappa shape index (κ2) is 7.59. The molecule has 3 nitrogen and oxygen atoms in total. The van der Waals surface area contributed by atoms with Gasteiger partial charge in [0.05, 0.1) is 0 Å². The Bertz CT molecular complexity index is 1470. The zero-order valence-electron chi connectivity index (χ0n) is 17.0. The normalized spacial score (nSPS) is 14.4. The van der Waals surface area contributed by atoms with E-state index in [9.17, 15) is 0 Å².